The minimum Gasteiger partial charge on any atom is -0.486 e. The standard InChI is InChI=1S/C15H16N2O3/c1-11(12-5-3-2-4-6-12)20-15-8-7-14(17(18)19)9-13(15)10-16/h2-9,11H,10,16H2,1H3. The fourth-order valence-corrected chi connectivity index (χ4v) is 1.94. The van der Waals surface area contributed by atoms with Crippen molar-refractivity contribution in [3.63, 3.8) is 0 Å². The van der Waals surface area contributed by atoms with Gasteiger partial charge in [0.1, 0.15) is 11.9 Å². The van der Waals surface area contributed by atoms with Gasteiger partial charge in [-0.05, 0) is 18.6 Å². The zero-order valence-electron chi connectivity index (χ0n) is 11.2. The molecule has 0 radical (unpaired) electrons. The van der Waals surface area contributed by atoms with Crippen LogP contribution in [-0.4, -0.2) is 4.92 Å². The van der Waals surface area contributed by atoms with E-state index in [-0.39, 0.29) is 18.3 Å². The fourth-order valence-electron chi connectivity index (χ4n) is 1.94. The highest BCUT2D eigenvalue weighted by Gasteiger charge is 2.13. The van der Waals surface area contributed by atoms with Crippen molar-refractivity contribution >= 4 is 5.69 Å². The summed E-state index contributed by atoms with van der Waals surface area (Å²) in [6.07, 6.45) is -0.150. The lowest BCUT2D eigenvalue weighted by molar-refractivity contribution is -0.384. The Morgan fingerprint density at radius 3 is 2.55 bits per heavy atom. The van der Waals surface area contributed by atoms with Gasteiger partial charge in [0.05, 0.1) is 4.92 Å². The van der Waals surface area contributed by atoms with Crippen LogP contribution in [0.4, 0.5) is 5.69 Å². The highest BCUT2D eigenvalue weighted by molar-refractivity contribution is 5.44. The molecule has 2 aromatic rings. The van der Waals surface area contributed by atoms with Crippen LogP contribution in [0.1, 0.15) is 24.2 Å². The normalized spacial score (nSPS) is 11.9. The second-order valence-corrected chi connectivity index (χ2v) is 4.42. The average Bonchev–Trinajstić information content (AvgIpc) is 2.48. The van der Waals surface area contributed by atoms with E-state index in [1.807, 2.05) is 37.3 Å². The van der Waals surface area contributed by atoms with Gasteiger partial charge in [0.25, 0.3) is 5.69 Å². The molecule has 5 nitrogen and oxygen atoms in total. The lowest BCUT2D eigenvalue weighted by Gasteiger charge is -2.17. The summed E-state index contributed by atoms with van der Waals surface area (Å²) in [4.78, 5) is 10.3. The number of nitro benzene ring substituents is 1. The third-order valence-electron chi connectivity index (χ3n) is 3.05. The molecule has 104 valence electrons. The van der Waals surface area contributed by atoms with Crippen LogP contribution in [0.5, 0.6) is 5.75 Å². The second-order valence-electron chi connectivity index (χ2n) is 4.42. The van der Waals surface area contributed by atoms with Crippen molar-refractivity contribution in [3.8, 4) is 5.75 Å². The van der Waals surface area contributed by atoms with Crippen molar-refractivity contribution in [2.24, 2.45) is 5.73 Å². The first-order valence-electron chi connectivity index (χ1n) is 6.31. The van der Waals surface area contributed by atoms with E-state index in [0.29, 0.717) is 11.3 Å². The third-order valence-corrected chi connectivity index (χ3v) is 3.05. The van der Waals surface area contributed by atoms with Crippen LogP contribution in [0, 0.1) is 10.1 Å². The van der Waals surface area contributed by atoms with Gasteiger partial charge in [-0.3, -0.25) is 10.1 Å². The Morgan fingerprint density at radius 1 is 1.25 bits per heavy atom. The molecule has 0 aliphatic carbocycles. The predicted molar refractivity (Wildman–Crippen MR) is 76.5 cm³/mol. The van der Waals surface area contributed by atoms with Gasteiger partial charge in [0.15, 0.2) is 0 Å². The smallest absolute Gasteiger partial charge is 0.270 e. The van der Waals surface area contributed by atoms with E-state index in [0.717, 1.165) is 5.56 Å². The van der Waals surface area contributed by atoms with Crippen LogP contribution >= 0.6 is 0 Å². The van der Waals surface area contributed by atoms with Gasteiger partial charge in [-0.1, -0.05) is 30.3 Å². The molecule has 0 saturated carbocycles. The summed E-state index contributed by atoms with van der Waals surface area (Å²) < 4.78 is 5.85. The Bertz CT molecular complexity index is 599. The molecule has 0 bridgehead atoms. The van der Waals surface area contributed by atoms with E-state index < -0.39 is 4.92 Å². The fraction of sp³-hybridized carbons (Fsp3) is 0.200. The van der Waals surface area contributed by atoms with Gasteiger partial charge in [0, 0.05) is 24.2 Å². The maximum Gasteiger partial charge on any atom is 0.270 e. The Kier molecular flexibility index (Phi) is 4.32. The predicted octanol–water partition coefficient (Wildman–Crippen LogP) is 3.19. The lowest BCUT2D eigenvalue weighted by atomic mass is 10.1. The van der Waals surface area contributed by atoms with Crippen LogP contribution in [-0.2, 0) is 6.54 Å². The van der Waals surface area contributed by atoms with Crippen LogP contribution in [0.25, 0.3) is 0 Å². The minimum atomic E-state index is -0.441. The molecular formula is C15H16N2O3. The molecule has 0 saturated heterocycles. The summed E-state index contributed by atoms with van der Waals surface area (Å²) in [6, 6.07) is 14.2. The molecule has 20 heavy (non-hydrogen) atoms. The number of nitrogens with two attached hydrogens (primary N) is 1. The van der Waals surface area contributed by atoms with Crippen LogP contribution in [0.2, 0.25) is 0 Å². The molecule has 2 N–H and O–H groups in total. The number of nitro groups is 1. The Labute approximate surface area is 117 Å². The summed E-state index contributed by atoms with van der Waals surface area (Å²) in [5, 5.41) is 10.7. The third kappa shape index (κ3) is 3.13. The number of non-ortho nitro benzene ring substituents is 1. The molecule has 1 atom stereocenters. The molecule has 2 aromatic carbocycles. The molecule has 0 spiro atoms. The second kappa shape index (κ2) is 6.16. The monoisotopic (exact) mass is 272 g/mol. The maximum atomic E-state index is 10.7. The van der Waals surface area contributed by atoms with E-state index in [4.69, 9.17) is 10.5 Å². The summed E-state index contributed by atoms with van der Waals surface area (Å²) in [7, 11) is 0. The van der Waals surface area contributed by atoms with Gasteiger partial charge in [-0.25, -0.2) is 0 Å². The molecular weight excluding hydrogens is 256 g/mol. The highest BCUT2D eigenvalue weighted by Crippen LogP contribution is 2.28. The molecule has 0 heterocycles. The van der Waals surface area contributed by atoms with E-state index in [1.54, 1.807) is 6.07 Å². The van der Waals surface area contributed by atoms with E-state index in [9.17, 15) is 10.1 Å². The average molecular weight is 272 g/mol. The van der Waals surface area contributed by atoms with Crippen molar-refractivity contribution in [1.29, 1.82) is 0 Å². The first kappa shape index (κ1) is 14.0. The maximum absolute atomic E-state index is 10.7. The van der Waals surface area contributed by atoms with Crippen molar-refractivity contribution < 1.29 is 9.66 Å². The number of hydrogen-bond acceptors (Lipinski definition) is 4. The van der Waals surface area contributed by atoms with E-state index >= 15 is 0 Å². The first-order valence-corrected chi connectivity index (χ1v) is 6.31. The molecule has 0 amide bonds. The summed E-state index contributed by atoms with van der Waals surface area (Å²) >= 11 is 0. The van der Waals surface area contributed by atoms with Gasteiger partial charge < -0.3 is 10.5 Å². The van der Waals surface area contributed by atoms with Crippen molar-refractivity contribution in [1.82, 2.24) is 0 Å². The van der Waals surface area contributed by atoms with Gasteiger partial charge in [-0.15, -0.1) is 0 Å². The lowest BCUT2D eigenvalue weighted by Crippen LogP contribution is -2.07. The zero-order valence-corrected chi connectivity index (χ0v) is 11.2. The van der Waals surface area contributed by atoms with E-state index in [2.05, 4.69) is 0 Å². The van der Waals surface area contributed by atoms with Crippen LogP contribution in [0.15, 0.2) is 48.5 Å². The van der Waals surface area contributed by atoms with Crippen molar-refractivity contribution in [2.45, 2.75) is 19.6 Å². The molecule has 1 unspecified atom stereocenters. The molecule has 2 rings (SSSR count). The van der Waals surface area contributed by atoms with E-state index in [1.165, 1.54) is 12.1 Å². The summed E-state index contributed by atoms with van der Waals surface area (Å²) in [5.74, 6) is 0.578. The Balaban J connectivity index is 2.23. The van der Waals surface area contributed by atoms with Gasteiger partial charge >= 0.3 is 0 Å². The summed E-state index contributed by atoms with van der Waals surface area (Å²) in [6.45, 7) is 2.12. The molecule has 0 aliphatic heterocycles. The van der Waals surface area contributed by atoms with Gasteiger partial charge in [-0.2, -0.15) is 0 Å². The Hall–Kier alpha value is -2.40. The Morgan fingerprint density at radius 2 is 1.95 bits per heavy atom. The largest absolute Gasteiger partial charge is 0.486 e. The van der Waals surface area contributed by atoms with Crippen molar-refractivity contribution in [3.05, 3.63) is 69.8 Å². The minimum absolute atomic E-state index is 0.0187. The number of hydrogen-bond donors (Lipinski definition) is 1. The summed E-state index contributed by atoms with van der Waals surface area (Å²) in [5.41, 5.74) is 7.31. The SMILES string of the molecule is CC(Oc1ccc([N+](=O)[O-])cc1CN)c1ccccc1. The first-order chi connectivity index (χ1) is 9.61. The molecule has 5 heteroatoms. The van der Waals surface area contributed by atoms with Crippen molar-refractivity contribution in [2.75, 3.05) is 0 Å². The number of ether oxygens (including phenoxy) is 1. The topological polar surface area (TPSA) is 78.4 Å². The molecule has 0 aliphatic rings. The molecule has 0 aromatic heterocycles. The quantitative estimate of drug-likeness (QED) is 0.669. The van der Waals surface area contributed by atoms with Gasteiger partial charge in [0.2, 0.25) is 0 Å². The zero-order chi connectivity index (χ0) is 14.5. The van der Waals surface area contributed by atoms with Crippen LogP contribution in [0.3, 0.4) is 0 Å². The number of rotatable bonds is 5. The highest BCUT2D eigenvalue weighted by atomic mass is 16.6. The number of nitrogens with zero attached hydrogens (tertiary/aromatic N) is 1. The molecule has 0 fully saturated rings. The number of benzene rings is 2. The van der Waals surface area contributed by atoms with Crippen LogP contribution < -0.4 is 10.5 Å².